The summed E-state index contributed by atoms with van der Waals surface area (Å²) in [4.78, 5) is 0. The van der Waals surface area contributed by atoms with E-state index in [1.54, 1.807) is 0 Å². The van der Waals surface area contributed by atoms with Gasteiger partial charge in [0, 0.05) is 0 Å². The third-order valence-corrected chi connectivity index (χ3v) is 2.50. The van der Waals surface area contributed by atoms with Crippen LogP contribution in [-0.4, -0.2) is 6.54 Å². The van der Waals surface area contributed by atoms with Crippen molar-refractivity contribution >= 4 is 0 Å². The fourth-order valence-electron chi connectivity index (χ4n) is 1.80. The van der Waals surface area contributed by atoms with Crippen molar-refractivity contribution in [1.82, 2.24) is 0 Å². The molecule has 0 aromatic heterocycles. The summed E-state index contributed by atoms with van der Waals surface area (Å²) in [5.74, 6) is 0. The number of azo groups is 1. The molecule has 0 spiro atoms. The van der Waals surface area contributed by atoms with Crippen molar-refractivity contribution in [2.45, 2.75) is 38.5 Å². The van der Waals surface area contributed by atoms with Gasteiger partial charge in [-0.05, 0) is 31.3 Å². The van der Waals surface area contributed by atoms with E-state index >= 15 is 0 Å². The molecule has 0 fully saturated rings. The van der Waals surface area contributed by atoms with Gasteiger partial charge in [0.15, 0.2) is 0 Å². The van der Waals surface area contributed by atoms with E-state index < -0.39 is 0 Å². The van der Waals surface area contributed by atoms with Gasteiger partial charge in [0.05, 0.1) is 12.2 Å². The molecule has 0 radical (unpaired) electrons. The van der Waals surface area contributed by atoms with Gasteiger partial charge >= 0.3 is 0 Å². The lowest BCUT2D eigenvalue weighted by atomic mass is 9.98. The Balaban J connectivity index is 2.09. The number of rotatable bonds is 0. The smallest absolute Gasteiger partial charge is 0.0834 e. The molecule has 1 aliphatic carbocycles. The van der Waals surface area contributed by atoms with E-state index in [1.165, 1.54) is 49.8 Å². The molecule has 0 unspecified atom stereocenters. The van der Waals surface area contributed by atoms with Gasteiger partial charge < -0.3 is 0 Å². The van der Waals surface area contributed by atoms with Gasteiger partial charge in [-0.1, -0.05) is 12.8 Å². The number of hydrogen-bond acceptors (Lipinski definition) is 2. The lowest BCUT2D eigenvalue weighted by Crippen LogP contribution is -1.94. The maximum Gasteiger partial charge on any atom is 0.0834 e. The lowest BCUT2D eigenvalue weighted by Gasteiger charge is -2.08. The van der Waals surface area contributed by atoms with Crippen LogP contribution in [0.2, 0.25) is 0 Å². The van der Waals surface area contributed by atoms with Crippen LogP contribution in [0.4, 0.5) is 0 Å². The molecule has 0 N–H and O–H groups in total. The molecule has 2 heteroatoms. The molecule has 2 nitrogen and oxygen atoms in total. The van der Waals surface area contributed by atoms with E-state index in [-0.39, 0.29) is 0 Å². The Kier molecular flexibility index (Phi) is 2.01. The van der Waals surface area contributed by atoms with Crippen LogP contribution in [0.1, 0.15) is 38.5 Å². The summed E-state index contributed by atoms with van der Waals surface area (Å²) in [7, 11) is 0. The molecule has 0 amide bonds. The Labute approximate surface area is 67.4 Å². The summed E-state index contributed by atoms with van der Waals surface area (Å²) in [6, 6.07) is 0. The van der Waals surface area contributed by atoms with Gasteiger partial charge in [-0.2, -0.15) is 10.2 Å². The molecule has 0 saturated carbocycles. The zero-order valence-electron chi connectivity index (χ0n) is 6.84. The largest absolute Gasteiger partial charge is 0.184 e. The fraction of sp³-hybridized carbons (Fsp3) is 0.778. The van der Waals surface area contributed by atoms with E-state index in [9.17, 15) is 0 Å². The second-order valence-electron chi connectivity index (χ2n) is 3.36. The average molecular weight is 150 g/mol. The van der Waals surface area contributed by atoms with Gasteiger partial charge in [0.1, 0.15) is 0 Å². The summed E-state index contributed by atoms with van der Waals surface area (Å²) in [6.45, 7) is 0.898. The highest BCUT2D eigenvalue weighted by Gasteiger charge is 2.13. The molecule has 0 atom stereocenters. The predicted molar refractivity (Wildman–Crippen MR) is 44.5 cm³/mol. The van der Waals surface area contributed by atoms with Crippen LogP contribution in [0.3, 0.4) is 0 Å². The molecular weight excluding hydrogens is 136 g/mol. The predicted octanol–water partition coefficient (Wildman–Crippen LogP) is 3.06. The van der Waals surface area contributed by atoms with Crippen LogP contribution in [0, 0.1) is 0 Å². The van der Waals surface area contributed by atoms with Gasteiger partial charge in [0.2, 0.25) is 0 Å². The second-order valence-corrected chi connectivity index (χ2v) is 3.36. The van der Waals surface area contributed by atoms with Gasteiger partial charge in [0.25, 0.3) is 0 Å². The first-order valence-corrected chi connectivity index (χ1v) is 4.55. The lowest BCUT2D eigenvalue weighted by molar-refractivity contribution is 0.612. The molecule has 2 rings (SSSR count). The highest BCUT2D eigenvalue weighted by atomic mass is 15.1. The van der Waals surface area contributed by atoms with Crippen LogP contribution in [-0.2, 0) is 0 Å². The van der Waals surface area contributed by atoms with Crippen LogP contribution in [0.25, 0.3) is 0 Å². The minimum absolute atomic E-state index is 0.898. The second kappa shape index (κ2) is 3.16. The minimum atomic E-state index is 0.898. The van der Waals surface area contributed by atoms with E-state index in [0.29, 0.717) is 0 Å². The van der Waals surface area contributed by atoms with Crippen molar-refractivity contribution in [2.75, 3.05) is 6.54 Å². The topological polar surface area (TPSA) is 24.7 Å². The summed E-state index contributed by atoms with van der Waals surface area (Å²) in [6.07, 6.45) is 7.88. The van der Waals surface area contributed by atoms with E-state index in [4.69, 9.17) is 0 Å². The molecule has 60 valence electrons. The van der Waals surface area contributed by atoms with E-state index in [1.807, 2.05) is 0 Å². The normalized spacial score (nSPS) is 24.7. The van der Waals surface area contributed by atoms with E-state index in [2.05, 4.69) is 10.2 Å². The molecule has 11 heavy (non-hydrogen) atoms. The van der Waals surface area contributed by atoms with Crippen LogP contribution < -0.4 is 0 Å². The van der Waals surface area contributed by atoms with Crippen LogP contribution in [0.15, 0.2) is 21.5 Å². The van der Waals surface area contributed by atoms with Gasteiger partial charge in [-0.15, -0.1) is 0 Å². The Morgan fingerprint density at radius 3 is 2.64 bits per heavy atom. The molecule has 0 saturated heterocycles. The molecule has 0 bridgehead atoms. The SMILES string of the molecule is C1CCCC2=C(CC1)CN=N2. The zero-order valence-corrected chi connectivity index (χ0v) is 6.84. The highest BCUT2D eigenvalue weighted by Crippen LogP contribution is 2.27. The maximum atomic E-state index is 4.16. The number of allylic oxidation sites excluding steroid dienone is 1. The Morgan fingerprint density at radius 2 is 1.73 bits per heavy atom. The summed E-state index contributed by atoms with van der Waals surface area (Å²) >= 11 is 0. The first-order chi connectivity index (χ1) is 5.47. The van der Waals surface area contributed by atoms with Crippen molar-refractivity contribution < 1.29 is 0 Å². The van der Waals surface area contributed by atoms with Crippen molar-refractivity contribution in [2.24, 2.45) is 10.2 Å². The molecular formula is C9H14N2. The summed E-state index contributed by atoms with van der Waals surface area (Å²) < 4.78 is 0. The Hall–Kier alpha value is -0.660. The molecule has 1 aliphatic heterocycles. The highest BCUT2D eigenvalue weighted by molar-refractivity contribution is 5.18. The zero-order chi connectivity index (χ0) is 7.52. The van der Waals surface area contributed by atoms with Crippen LogP contribution >= 0.6 is 0 Å². The monoisotopic (exact) mass is 150 g/mol. The van der Waals surface area contributed by atoms with Crippen LogP contribution in [0.5, 0.6) is 0 Å². The maximum absolute atomic E-state index is 4.16. The standard InChI is InChI=1S/C9H14N2/c1-2-4-6-9-8(5-3-1)7-10-11-9/h1-7H2. The summed E-state index contributed by atoms with van der Waals surface area (Å²) in [5, 5.41) is 8.23. The van der Waals surface area contributed by atoms with Crippen molar-refractivity contribution in [1.29, 1.82) is 0 Å². The van der Waals surface area contributed by atoms with Gasteiger partial charge in [-0.3, -0.25) is 0 Å². The summed E-state index contributed by atoms with van der Waals surface area (Å²) in [5.41, 5.74) is 2.83. The Morgan fingerprint density at radius 1 is 0.909 bits per heavy atom. The molecule has 0 aromatic rings. The quantitative estimate of drug-likeness (QED) is 0.507. The first-order valence-electron chi connectivity index (χ1n) is 4.55. The number of nitrogens with zero attached hydrogens (tertiary/aromatic N) is 2. The minimum Gasteiger partial charge on any atom is -0.184 e. The fourth-order valence-corrected chi connectivity index (χ4v) is 1.80. The molecule has 1 heterocycles. The number of hydrogen-bond donors (Lipinski definition) is 0. The van der Waals surface area contributed by atoms with Crippen molar-refractivity contribution in [3.05, 3.63) is 11.3 Å². The van der Waals surface area contributed by atoms with Gasteiger partial charge in [-0.25, -0.2) is 0 Å². The van der Waals surface area contributed by atoms with E-state index in [0.717, 1.165) is 6.54 Å². The molecule has 0 aromatic carbocycles. The Bertz CT molecular complexity index is 204. The first kappa shape index (κ1) is 7.01. The van der Waals surface area contributed by atoms with Crippen molar-refractivity contribution in [3.63, 3.8) is 0 Å². The average Bonchev–Trinajstić information content (AvgIpc) is 2.35. The molecule has 2 aliphatic rings. The van der Waals surface area contributed by atoms with Crippen molar-refractivity contribution in [3.8, 4) is 0 Å². The third kappa shape index (κ3) is 1.50. The third-order valence-electron chi connectivity index (χ3n) is 2.50.